The molecule has 0 aromatic rings. The van der Waals surface area contributed by atoms with Crippen LogP contribution in [0.15, 0.2) is 0 Å². The Morgan fingerprint density at radius 3 is 2.76 bits per heavy atom. The summed E-state index contributed by atoms with van der Waals surface area (Å²) < 4.78 is 22.8. The van der Waals surface area contributed by atoms with Gasteiger partial charge in [-0.25, -0.2) is 8.42 Å². The average Bonchev–Trinajstić information content (AvgIpc) is 2.76. The van der Waals surface area contributed by atoms with Crippen molar-refractivity contribution in [2.24, 2.45) is 5.92 Å². The highest BCUT2D eigenvalue weighted by atomic mass is 32.2. The summed E-state index contributed by atoms with van der Waals surface area (Å²) in [4.78, 5) is 0. The predicted octanol–water partition coefficient (Wildman–Crippen LogP) is 2.12. The smallest absolute Gasteiger partial charge is 0.150 e. The molecule has 3 atom stereocenters. The Balaban J connectivity index is 1.70. The molecule has 1 saturated carbocycles. The van der Waals surface area contributed by atoms with Crippen LogP contribution >= 0.6 is 0 Å². The summed E-state index contributed by atoms with van der Waals surface area (Å²) in [7, 11) is -2.77. The highest BCUT2D eigenvalue weighted by Gasteiger charge is 2.32. The van der Waals surface area contributed by atoms with Gasteiger partial charge < -0.3 is 5.32 Å². The van der Waals surface area contributed by atoms with Crippen LogP contribution in [0.2, 0.25) is 0 Å². The van der Waals surface area contributed by atoms with E-state index in [1.807, 2.05) is 0 Å². The van der Waals surface area contributed by atoms with Crippen LogP contribution in [0.5, 0.6) is 0 Å². The number of rotatable bonds is 5. The van der Waals surface area contributed by atoms with Gasteiger partial charge in [-0.3, -0.25) is 0 Å². The van der Waals surface area contributed by atoms with Gasteiger partial charge in [0.1, 0.15) is 9.84 Å². The number of hydrogen-bond donors (Lipinski definition) is 1. The standard InChI is InChI=1S/C13H25NO2S/c1-2-17(15,16)10-4-6-12-9-8-11-5-3-7-13(11)14-12/h11-14H,2-10H2,1H3. The van der Waals surface area contributed by atoms with E-state index in [1.165, 1.54) is 32.1 Å². The average molecular weight is 259 g/mol. The van der Waals surface area contributed by atoms with Crippen LogP contribution in [0, 0.1) is 5.92 Å². The van der Waals surface area contributed by atoms with Gasteiger partial charge in [-0.2, -0.15) is 0 Å². The maximum Gasteiger partial charge on any atom is 0.150 e. The van der Waals surface area contributed by atoms with Gasteiger partial charge in [0, 0.05) is 17.8 Å². The van der Waals surface area contributed by atoms with Gasteiger partial charge >= 0.3 is 0 Å². The van der Waals surface area contributed by atoms with E-state index < -0.39 is 9.84 Å². The second-order valence-corrected chi connectivity index (χ2v) is 8.09. The number of hydrogen-bond acceptors (Lipinski definition) is 3. The lowest BCUT2D eigenvalue weighted by Crippen LogP contribution is -2.45. The Kier molecular flexibility index (Phi) is 4.47. The van der Waals surface area contributed by atoms with Crippen LogP contribution in [0.25, 0.3) is 0 Å². The quantitative estimate of drug-likeness (QED) is 0.822. The normalized spacial score (nSPS) is 33.6. The summed E-state index contributed by atoms with van der Waals surface area (Å²) >= 11 is 0. The number of fused-ring (bicyclic) bond motifs is 1. The van der Waals surface area contributed by atoms with Crippen molar-refractivity contribution in [3.63, 3.8) is 0 Å². The Morgan fingerprint density at radius 2 is 2.00 bits per heavy atom. The van der Waals surface area contributed by atoms with E-state index in [2.05, 4.69) is 5.32 Å². The molecule has 0 aromatic carbocycles. The van der Waals surface area contributed by atoms with E-state index in [9.17, 15) is 8.42 Å². The third-order valence-corrected chi connectivity index (χ3v) is 6.23. The Bertz CT molecular complexity index is 339. The van der Waals surface area contributed by atoms with Crippen LogP contribution in [-0.2, 0) is 9.84 Å². The van der Waals surface area contributed by atoms with Crippen LogP contribution in [0.4, 0.5) is 0 Å². The minimum absolute atomic E-state index is 0.287. The molecule has 2 rings (SSSR count). The third-order valence-electron chi connectivity index (χ3n) is 4.44. The van der Waals surface area contributed by atoms with Crippen LogP contribution in [0.1, 0.15) is 51.9 Å². The van der Waals surface area contributed by atoms with Gasteiger partial charge in [0.2, 0.25) is 0 Å². The fourth-order valence-corrected chi connectivity index (χ4v) is 4.22. The van der Waals surface area contributed by atoms with E-state index in [4.69, 9.17) is 0 Å². The van der Waals surface area contributed by atoms with Gasteiger partial charge in [-0.15, -0.1) is 0 Å². The van der Waals surface area contributed by atoms with E-state index in [1.54, 1.807) is 6.92 Å². The summed E-state index contributed by atoms with van der Waals surface area (Å²) in [6, 6.07) is 1.30. The molecule has 3 nitrogen and oxygen atoms in total. The molecule has 4 heteroatoms. The second-order valence-electron chi connectivity index (χ2n) is 5.62. The molecule has 3 unspecified atom stereocenters. The Labute approximate surface area is 105 Å². The first-order valence-corrected chi connectivity index (χ1v) is 8.89. The fraction of sp³-hybridized carbons (Fsp3) is 1.00. The topological polar surface area (TPSA) is 46.2 Å². The lowest BCUT2D eigenvalue weighted by molar-refractivity contribution is 0.249. The lowest BCUT2D eigenvalue weighted by Gasteiger charge is -2.33. The molecule has 1 aliphatic heterocycles. The molecule has 1 saturated heterocycles. The molecule has 0 radical (unpaired) electrons. The summed E-state index contributed by atoms with van der Waals surface area (Å²) in [5.41, 5.74) is 0. The molecule has 0 bridgehead atoms. The molecule has 100 valence electrons. The molecule has 0 spiro atoms. The molecule has 0 amide bonds. The van der Waals surface area contributed by atoms with Crippen molar-refractivity contribution >= 4 is 9.84 Å². The third kappa shape index (κ3) is 3.68. The molecule has 2 aliphatic rings. The van der Waals surface area contributed by atoms with E-state index in [-0.39, 0.29) is 5.75 Å². The zero-order valence-corrected chi connectivity index (χ0v) is 11.6. The molecule has 1 heterocycles. The zero-order chi connectivity index (χ0) is 12.3. The van der Waals surface area contributed by atoms with E-state index >= 15 is 0 Å². The lowest BCUT2D eigenvalue weighted by atomic mass is 9.88. The second kappa shape index (κ2) is 5.70. The molecular formula is C13H25NO2S. The van der Waals surface area contributed by atoms with E-state index in [0.717, 1.165) is 24.8 Å². The van der Waals surface area contributed by atoms with Crippen LogP contribution < -0.4 is 5.32 Å². The molecule has 2 fully saturated rings. The van der Waals surface area contributed by atoms with Gasteiger partial charge in [-0.1, -0.05) is 13.3 Å². The van der Waals surface area contributed by atoms with Crippen molar-refractivity contribution in [1.82, 2.24) is 5.32 Å². The van der Waals surface area contributed by atoms with Crippen molar-refractivity contribution < 1.29 is 8.42 Å². The minimum atomic E-state index is -2.77. The van der Waals surface area contributed by atoms with Gasteiger partial charge in [-0.05, 0) is 44.4 Å². The van der Waals surface area contributed by atoms with Crippen LogP contribution in [0.3, 0.4) is 0 Å². The summed E-state index contributed by atoms with van der Waals surface area (Å²) in [5, 5.41) is 3.72. The maximum absolute atomic E-state index is 11.4. The number of sulfone groups is 1. The Morgan fingerprint density at radius 1 is 1.18 bits per heavy atom. The molecule has 17 heavy (non-hydrogen) atoms. The molecular weight excluding hydrogens is 234 g/mol. The first-order chi connectivity index (χ1) is 8.11. The predicted molar refractivity (Wildman–Crippen MR) is 70.8 cm³/mol. The van der Waals surface area contributed by atoms with Crippen LogP contribution in [-0.4, -0.2) is 32.0 Å². The number of nitrogens with one attached hydrogen (secondary N) is 1. The van der Waals surface area contributed by atoms with Gasteiger partial charge in [0.15, 0.2) is 0 Å². The Hall–Kier alpha value is -0.0900. The molecule has 1 N–H and O–H groups in total. The molecule has 0 aromatic heterocycles. The zero-order valence-electron chi connectivity index (χ0n) is 10.8. The fourth-order valence-electron chi connectivity index (χ4n) is 3.32. The van der Waals surface area contributed by atoms with Gasteiger partial charge in [0.05, 0.1) is 5.75 Å². The summed E-state index contributed by atoms with van der Waals surface area (Å²) in [5.74, 6) is 1.57. The first-order valence-electron chi connectivity index (χ1n) is 7.07. The van der Waals surface area contributed by atoms with Crippen molar-refractivity contribution in [2.45, 2.75) is 64.0 Å². The number of piperidine rings is 1. The minimum Gasteiger partial charge on any atom is -0.311 e. The van der Waals surface area contributed by atoms with E-state index in [0.29, 0.717) is 11.8 Å². The van der Waals surface area contributed by atoms with Gasteiger partial charge in [0.25, 0.3) is 0 Å². The SMILES string of the molecule is CCS(=O)(=O)CCCC1CCC2CCCC2N1. The highest BCUT2D eigenvalue weighted by Crippen LogP contribution is 2.34. The largest absolute Gasteiger partial charge is 0.311 e. The summed E-state index contributed by atoms with van der Waals surface area (Å²) in [6.45, 7) is 1.73. The first kappa shape index (κ1) is 13.3. The van der Waals surface area contributed by atoms with Crippen molar-refractivity contribution in [1.29, 1.82) is 0 Å². The monoisotopic (exact) mass is 259 g/mol. The van der Waals surface area contributed by atoms with Crippen molar-refractivity contribution in [3.05, 3.63) is 0 Å². The maximum atomic E-state index is 11.4. The van der Waals surface area contributed by atoms with Crippen molar-refractivity contribution in [2.75, 3.05) is 11.5 Å². The molecule has 1 aliphatic carbocycles. The highest BCUT2D eigenvalue weighted by molar-refractivity contribution is 7.91. The summed E-state index contributed by atoms with van der Waals surface area (Å²) in [6.07, 6.45) is 8.55. The van der Waals surface area contributed by atoms with Crippen molar-refractivity contribution in [3.8, 4) is 0 Å².